The SMILES string of the molecule is CC(=O)C12OC1CC1C3CCC4=CC(=O)CCC4(C)C3CC(=O)C12C. The minimum absolute atomic E-state index is 0.0230. The zero-order chi connectivity index (χ0) is 17.8. The minimum Gasteiger partial charge on any atom is -0.357 e. The summed E-state index contributed by atoms with van der Waals surface area (Å²) in [4.78, 5) is 37.6. The Hall–Kier alpha value is -1.29. The fourth-order valence-electron chi connectivity index (χ4n) is 7.32. The number of carbonyl (C=O) groups excluding carboxylic acids is 3. The molecule has 7 atom stereocenters. The maximum absolute atomic E-state index is 13.4. The topological polar surface area (TPSA) is 63.7 Å². The third-order valence-corrected chi connectivity index (χ3v) is 8.77. The zero-order valence-corrected chi connectivity index (χ0v) is 15.3. The molecular formula is C21H26O4. The Morgan fingerprint density at radius 1 is 1.20 bits per heavy atom. The number of hydrogen-bond acceptors (Lipinski definition) is 4. The van der Waals surface area contributed by atoms with Crippen molar-refractivity contribution in [1.82, 2.24) is 0 Å². The predicted molar refractivity (Wildman–Crippen MR) is 90.8 cm³/mol. The van der Waals surface area contributed by atoms with E-state index in [0.29, 0.717) is 24.7 Å². The second-order valence-electron chi connectivity index (χ2n) is 9.43. The lowest BCUT2D eigenvalue weighted by atomic mass is 9.46. The number of ketones is 3. The first-order valence-corrected chi connectivity index (χ1v) is 9.71. The van der Waals surface area contributed by atoms with Crippen LogP contribution in [-0.4, -0.2) is 29.1 Å². The van der Waals surface area contributed by atoms with E-state index in [0.717, 1.165) is 25.7 Å². The lowest BCUT2D eigenvalue weighted by Gasteiger charge is -2.57. The van der Waals surface area contributed by atoms with Gasteiger partial charge >= 0.3 is 0 Å². The number of allylic oxidation sites excluding steroid dienone is 1. The van der Waals surface area contributed by atoms with Gasteiger partial charge in [-0.1, -0.05) is 12.5 Å². The summed E-state index contributed by atoms with van der Waals surface area (Å²) < 4.78 is 5.84. The van der Waals surface area contributed by atoms with E-state index in [4.69, 9.17) is 4.74 Å². The molecule has 0 N–H and O–H groups in total. The summed E-state index contributed by atoms with van der Waals surface area (Å²) in [5.41, 5.74) is -0.237. The lowest BCUT2D eigenvalue weighted by Crippen LogP contribution is -2.59. The van der Waals surface area contributed by atoms with Crippen LogP contribution in [0.15, 0.2) is 11.6 Å². The molecule has 3 saturated carbocycles. The van der Waals surface area contributed by atoms with E-state index in [9.17, 15) is 14.4 Å². The third kappa shape index (κ3) is 1.61. The van der Waals surface area contributed by atoms with E-state index >= 15 is 0 Å². The van der Waals surface area contributed by atoms with E-state index in [1.54, 1.807) is 6.92 Å². The molecule has 0 amide bonds. The molecular weight excluding hydrogens is 316 g/mol. The Bertz CT molecular complexity index is 751. The second kappa shape index (κ2) is 4.51. The highest BCUT2D eigenvalue weighted by Crippen LogP contribution is 2.72. The normalized spacial score (nSPS) is 53.3. The first-order valence-electron chi connectivity index (χ1n) is 9.71. The van der Waals surface area contributed by atoms with Gasteiger partial charge < -0.3 is 4.74 Å². The van der Waals surface area contributed by atoms with Crippen molar-refractivity contribution in [3.8, 4) is 0 Å². The van der Waals surface area contributed by atoms with E-state index in [2.05, 4.69) is 6.92 Å². The number of carbonyl (C=O) groups is 3. The minimum atomic E-state index is -0.834. The predicted octanol–water partition coefficient (Wildman–Crippen LogP) is 3.03. The van der Waals surface area contributed by atoms with E-state index in [1.807, 2.05) is 13.0 Å². The average Bonchev–Trinajstić information content (AvgIpc) is 3.23. The van der Waals surface area contributed by atoms with Crippen LogP contribution < -0.4 is 0 Å². The third-order valence-electron chi connectivity index (χ3n) is 8.77. The Kier molecular flexibility index (Phi) is 2.87. The van der Waals surface area contributed by atoms with E-state index < -0.39 is 11.0 Å². The highest BCUT2D eigenvalue weighted by Gasteiger charge is 2.82. The van der Waals surface area contributed by atoms with Crippen LogP contribution in [0.3, 0.4) is 0 Å². The van der Waals surface area contributed by atoms with Crippen LogP contribution in [0.25, 0.3) is 0 Å². The summed E-state index contributed by atoms with van der Waals surface area (Å²) in [6, 6.07) is 0. The molecule has 0 aromatic rings. The van der Waals surface area contributed by atoms with Gasteiger partial charge in [-0.25, -0.2) is 0 Å². The first-order chi connectivity index (χ1) is 11.7. The fourth-order valence-corrected chi connectivity index (χ4v) is 7.32. The molecule has 4 heteroatoms. The average molecular weight is 342 g/mol. The van der Waals surface area contributed by atoms with Crippen molar-refractivity contribution in [2.45, 2.75) is 71.0 Å². The van der Waals surface area contributed by atoms with Crippen LogP contribution >= 0.6 is 0 Å². The van der Waals surface area contributed by atoms with Crippen LogP contribution in [0.4, 0.5) is 0 Å². The van der Waals surface area contributed by atoms with Crippen molar-refractivity contribution >= 4 is 17.3 Å². The molecule has 4 fully saturated rings. The summed E-state index contributed by atoms with van der Waals surface area (Å²) in [5, 5.41) is 0. The smallest absolute Gasteiger partial charge is 0.165 e. The van der Waals surface area contributed by atoms with Crippen molar-refractivity contribution in [2.24, 2.45) is 28.6 Å². The lowest BCUT2D eigenvalue weighted by molar-refractivity contribution is -0.158. The highest BCUT2D eigenvalue weighted by molar-refractivity contribution is 6.00. The summed E-state index contributed by atoms with van der Waals surface area (Å²) in [6.45, 7) is 5.86. The number of rotatable bonds is 1. The van der Waals surface area contributed by atoms with Gasteiger partial charge in [-0.3, -0.25) is 14.4 Å². The zero-order valence-electron chi connectivity index (χ0n) is 15.3. The first kappa shape index (κ1) is 15.9. The van der Waals surface area contributed by atoms with Gasteiger partial charge in [0.1, 0.15) is 5.78 Å². The van der Waals surface area contributed by atoms with Gasteiger partial charge in [-0.05, 0) is 68.8 Å². The van der Waals surface area contributed by atoms with Crippen molar-refractivity contribution < 1.29 is 19.1 Å². The summed E-state index contributed by atoms with van der Waals surface area (Å²) >= 11 is 0. The molecule has 0 aromatic carbocycles. The molecule has 25 heavy (non-hydrogen) atoms. The van der Waals surface area contributed by atoms with Gasteiger partial charge in [0.2, 0.25) is 0 Å². The number of epoxide rings is 1. The Labute approximate surface area is 148 Å². The molecule has 0 aromatic heterocycles. The van der Waals surface area contributed by atoms with Crippen LogP contribution in [0.1, 0.15) is 59.3 Å². The summed E-state index contributed by atoms with van der Waals surface area (Å²) in [6.07, 6.45) is 6.65. The van der Waals surface area contributed by atoms with Gasteiger partial charge in [0.25, 0.3) is 0 Å². The molecule has 1 heterocycles. The summed E-state index contributed by atoms with van der Waals surface area (Å²) in [5.74, 6) is 1.51. The monoisotopic (exact) mass is 342 g/mol. The molecule has 1 aliphatic heterocycles. The largest absolute Gasteiger partial charge is 0.357 e. The Balaban J connectivity index is 1.57. The maximum atomic E-state index is 13.4. The van der Waals surface area contributed by atoms with Crippen LogP contribution in [-0.2, 0) is 19.1 Å². The molecule has 0 bridgehead atoms. The van der Waals surface area contributed by atoms with Crippen LogP contribution in [0.5, 0.6) is 0 Å². The Morgan fingerprint density at radius 2 is 1.96 bits per heavy atom. The second-order valence-corrected chi connectivity index (χ2v) is 9.43. The van der Waals surface area contributed by atoms with Gasteiger partial charge in [-0.15, -0.1) is 0 Å². The number of ether oxygens (including phenoxy) is 1. The Morgan fingerprint density at radius 3 is 2.68 bits per heavy atom. The molecule has 0 radical (unpaired) electrons. The van der Waals surface area contributed by atoms with Crippen molar-refractivity contribution in [3.63, 3.8) is 0 Å². The van der Waals surface area contributed by atoms with Crippen molar-refractivity contribution in [2.75, 3.05) is 0 Å². The van der Waals surface area contributed by atoms with E-state index in [1.165, 1.54) is 5.57 Å². The molecule has 5 rings (SSSR count). The molecule has 7 unspecified atom stereocenters. The van der Waals surface area contributed by atoms with E-state index in [-0.39, 0.29) is 34.8 Å². The molecule has 1 saturated heterocycles. The van der Waals surface area contributed by atoms with Crippen LogP contribution in [0.2, 0.25) is 0 Å². The highest BCUT2D eigenvalue weighted by atomic mass is 16.6. The fraction of sp³-hybridized carbons (Fsp3) is 0.762. The molecule has 5 aliphatic rings. The maximum Gasteiger partial charge on any atom is 0.165 e. The number of hydrogen-bond donors (Lipinski definition) is 0. The quantitative estimate of drug-likeness (QED) is 0.687. The molecule has 0 spiro atoms. The van der Waals surface area contributed by atoms with Crippen LogP contribution in [0, 0.1) is 28.6 Å². The number of fused-ring (bicyclic) bond motifs is 7. The molecule has 134 valence electrons. The van der Waals surface area contributed by atoms with Gasteiger partial charge in [0.05, 0.1) is 11.5 Å². The van der Waals surface area contributed by atoms with Crippen molar-refractivity contribution in [3.05, 3.63) is 11.6 Å². The molecule has 4 aliphatic carbocycles. The van der Waals surface area contributed by atoms with Gasteiger partial charge in [0.15, 0.2) is 17.2 Å². The van der Waals surface area contributed by atoms with Gasteiger partial charge in [-0.2, -0.15) is 0 Å². The number of Topliss-reactive ketones (excluding diaryl/α,β-unsaturated/α-hetero) is 2. The van der Waals surface area contributed by atoms with Crippen molar-refractivity contribution in [1.29, 1.82) is 0 Å². The molecule has 4 nitrogen and oxygen atoms in total. The standard InChI is InChI=1S/C21H26O4/c1-11(22)21-18(25-21)10-16-14-5-4-12-8-13(23)6-7-19(12,2)15(14)9-17(24)20(16,21)3/h8,14-16,18H,4-7,9-10H2,1-3H3. The van der Waals surface area contributed by atoms with Gasteiger partial charge in [0, 0.05) is 12.8 Å². The summed E-state index contributed by atoms with van der Waals surface area (Å²) in [7, 11) is 0.